The third kappa shape index (κ3) is 4.87. The van der Waals surface area contributed by atoms with Crippen LogP contribution in [0.4, 0.5) is 18.9 Å². The molecule has 30 heavy (non-hydrogen) atoms. The largest absolute Gasteiger partial charge is 0.437 e. The zero-order valence-electron chi connectivity index (χ0n) is 16.4. The van der Waals surface area contributed by atoms with Crippen LogP contribution in [0.2, 0.25) is 0 Å². The maximum atomic E-state index is 13.4. The summed E-state index contributed by atoms with van der Waals surface area (Å²) in [5, 5.41) is 11.4. The van der Waals surface area contributed by atoms with Crippen LogP contribution in [0.3, 0.4) is 0 Å². The van der Waals surface area contributed by atoms with Crippen LogP contribution >= 0.6 is 11.3 Å². The molecule has 12 heteroatoms. The molecule has 0 aromatic carbocycles. The molecule has 2 aromatic rings. The second-order valence-electron chi connectivity index (χ2n) is 6.68. The Morgan fingerprint density at radius 3 is 2.87 bits per heavy atom. The van der Waals surface area contributed by atoms with E-state index in [0.717, 1.165) is 0 Å². The number of hydrazone groups is 1. The second kappa shape index (κ2) is 8.96. The van der Waals surface area contributed by atoms with Crippen molar-refractivity contribution in [2.75, 3.05) is 11.9 Å². The quantitative estimate of drug-likeness (QED) is 0.478. The van der Waals surface area contributed by atoms with Crippen molar-refractivity contribution in [3.8, 4) is 0 Å². The Morgan fingerprint density at radius 1 is 1.50 bits per heavy atom. The number of hydrogen-bond acceptors (Lipinski definition) is 7. The number of thiazole rings is 1. The maximum Gasteiger partial charge on any atom is 0.437 e. The summed E-state index contributed by atoms with van der Waals surface area (Å²) < 4.78 is 47.0. The average molecular weight is 442 g/mol. The number of halogens is 3. The van der Waals surface area contributed by atoms with Gasteiger partial charge in [-0.1, -0.05) is 0 Å². The van der Waals surface area contributed by atoms with Gasteiger partial charge in [0.15, 0.2) is 5.69 Å². The molecule has 1 aliphatic carbocycles. The van der Waals surface area contributed by atoms with E-state index in [1.165, 1.54) is 27.6 Å². The molecule has 3 rings (SSSR count). The standard InChI is InChI=1S/C18H21F3N6O2S/c1-4-29-12-5-11(6-12)27-8-13(15(26-27)18(19,20)21)24-16(28)14-9-30-17(25-14)10(2)7-23-22-3/h7-9,11-12,23H,3-6H2,1-2H3,(H,24,28)/b10-7+. The topological polar surface area (TPSA) is 93.4 Å². The monoisotopic (exact) mass is 442 g/mol. The van der Waals surface area contributed by atoms with E-state index in [1.54, 1.807) is 13.1 Å². The zero-order valence-corrected chi connectivity index (χ0v) is 17.2. The summed E-state index contributed by atoms with van der Waals surface area (Å²) in [6, 6.07) is -0.196. The number of ether oxygens (including phenoxy) is 1. The first-order valence-electron chi connectivity index (χ1n) is 9.16. The fraction of sp³-hybridized carbons (Fsp3) is 0.444. The van der Waals surface area contributed by atoms with E-state index in [2.05, 4.69) is 32.6 Å². The van der Waals surface area contributed by atoms with Crippen molar-refractivity contribution >= 4 is 35.2 Å². The Hall–Kier alpha value is -2.73. The Bertz CT molecular complexity index is 946. The molecule has 1 amide bonds. The van der Waals surface area contributed by atoms with E-state index in [9.17, 15) is 18.0 Å². The molecule has 1 aliphatic rings. The Balaban J connectivity index is 1.76. The van der Waals surface area contributed by atoms with E-state index >= 15 is 0 Å². The Morgan fingerprint density at radius 2 is 2.23 bits per heavy atom. The fourth-order valence-electron chi connectivity index (χ4n) is 2.95. The minimum absolute atomic E-state index is 0.00948. The average Bonchev–Trinajstić information content (AvgIpc) is 3.29. The van der Waals surface area contributed by atoms with E-state index < -0.39 is 23.5 Å². The number of allylic oxidation sites excluding steroid dienone is 1. The maximum absolute atomic E-state index is 13.4. The predicted octanol–water partition coefficient (Wildman–Crippen LogP) is 3.92. The summed E-state index contributed by atoms with van der Waals surface area (Å²) in [4.78, 5) is 16.6. The van der Waals surface area contributed by atoms with Gasteiger partial charge in [-0.05, 0) is 26.7 Å². The van der Waals surface area contributed by atoms with Gasteiger partial charge in [-0.25, -0.2) is 4.98 Å². The van der Waals surface area contributed by atoms with Crippen LogP contribution in [0.15, 0.2) is 22.9 Å². The number of rotatable bonds is 8. The lowest BCUT2D eigenvalue weighted by atomic mass is 9.89. The third-order valence-corrected chi connectivity index (χ3v) is 5.52. The molecule has 0 saturated heterocycles. The molecule has 2 heterocycles. The van der Waals surface area contributed by atoms with Gasteiger partial charge in [-0.2, -0.15) is 23.4 Å². The van der Waals surface area contributed by atoms with Crippen molar-refractivity contribution < 1.29 is 22.7 Å². The van der Waals surface area contributed by atoms with Gasteiger partial charge in [-0.3, -0.25) is 14.9 Å². The van der Waals surface area contributed by atoms with Crippen LogP contribution in [-0.2, 0) is 10.9 Å². The van der Waals surface area contributed by atoms with Crippen molar-refractivity contribution in [3.63, 3.8) is 0 Å². The summed E-state index contributed by atoms with van der Waals surface area (Å²) in [6.07, 6.45) is -0.762. The molecule has 0 bridgehead atoms. The van der Waals surface area contributed by atoms with E-state index in [-0.39, 0.29) is 17.8 Å². The van der Waals surface area contributed by atoms with E-state index in [1.807, 2.05) is 6.92 Å². The predicted molar refractivity (Wildman–Crippen MR) is 107 cm³/mol. The number of alkyl halides is 3. The highest BCUT2D eigenvalue weighted by atomic mass is 32.1. The van der Waals surface area contributed by atoms with Gasteiger partial charge in [0.1, 0.15) is 10.7 Å². The highest BCUT2D eigenvalue weighted by Gasteiger charge is 2.40. The van der Waals surface area contributed by atoms with Crippen LogP contribution in [0.25, 0.3) is 5.57 Å². The summed E-state index contributed by atoms with van der Waals surface area (Å²) >= 11 is 1.19. The molecule has 162 valence electrons. The summed E-state index contributed by atoms with van der Waals surface area (Å²) in [5.41, 5.74) is 1.73. The molecule has 8 nitrogen and oxygen atoms in total. The van der Waals surface area contributed by atoms with Crippen LogP contribution in [0, 0.1) is 0 Å². The summed E-state index contributed by atoms with van der Waals surface area (Å²) in [7, 11) is 0. The zero-order chi connectivity index (χ0) is 21.9. The molecule has 0 radical (unpaired) electrons. The molecule has 2 aromatic heterocycles. The highest BCUT2D eigenvalue weighted by Crippen LogP contribution is 2.39. The number of carbonyl (C=O) groups excluding carboxylic acids is 1. The minimum Gasteiger partial charge on any atom is -0.378 e. The van der Waals surface area contributed by atoms with Gasteiger partial charge in [0.05, 0.1) is 17.8 Å². The third-order valence-electron chi connectivity index (χ3n) is 4.54. The van der Waals surface area contributed by atoms with Crippen LogP contribution in [-0.4, -0.2) is 40.1 Å². The lowest BCUT2D eigenvalue weighted by Gasteiger charge is -2.34. The molecular formula is C18H21F3N6O2S. The molecule has 0 spiro atoms. The number of aromatic nitrogens is 3. The lowest BCUT2D eigenvalue weighted by molar-refractivity contribution is -0.141. The first-order valence-corrected chi connectivity index (χ1v) is 10.0. The fourth-order valence-corrected chi connectivity index (χ4v) is 3.73. The summed E-state index contributed by atoms with van der Waals surface area (Å²) in [5.74, 6) is -0.744. The second-order valence-corrected chi connectivity index (χ2v) is 7.54. The van der Waals surface area contributed by atoms with Crippen molar-refractivity contribution in [1.82, 2.24) is 20.2 Å². The van der Waals surface area contributed by atoms with Crippen LogP contribution < -0.4 is 10.7 Å². The molecular weight excluding hydrogens is 421 g/mol. The van der Waals surface area contributed by atoms with Crippen molar-refractivity contribution in [2.45, 2.75) is 45.0 Å². The summed E-state index contributed by atoms with van der Waals surface area (Å²) in [6.45, 7) is 7.44. The highest BCUT2D eigenvalue weighted by molar-refractivity contribution is 7.11. The molecule has 0 atom stereocenters. The first-order chi connectivity index (χ1) is 14.2. The Labute approximate surface area is 174 Å². The smallest absolute Gasteiger partial charge is 0.378 e. The van der Waals surface area contributed by atoms with Crippen molar-refractivity contribution in [1.29, 1.82) is 0 Å². The number of nitrogens with one attached hydrogen (secondary N) is 2. The van der Waals surface area contributed by atoms with Crippen molar-refractivity contribution in [2.24, 2.45) is 5.10 Å². The van der Waals surface area contributed by atoms with Crippen molar-refractivity contribution in [3.05, 3.63) is 34.2 Å². The van der Waals surface area contributed by atoms with Gasteiger partial charge in [0.25, 0.3) is 5.91 Å². The Kier molecular flexibility index (Phi) is 6.56. The first kappa shape index (κ1) is 22.0. The number of hydrogen-bond donors (Lipinski definition) is 2. The molecule has 1 fully saturated rings. The number of carbonyl (C=O) groups is 1. The molecule has 0 unspecified atom stereocenters. The molecule has 2 N–H and O–H groups in total. The van der Waals surface area contributed by atoms with Crippen LogP contribution in [0.1, 0.15) is 53.9 Å². The minimum atomic E-state index is -4.70. The number of amides is 1. The van der Waals surface area contributed by atoms with E-state index in [4.69, 9.17) is 4.74 Å². The van der Waals surface area contributed by atoms with Gasteiger partial charge in [0, 0.05) is 36.7 Å². The molecule has 1 saturated carbocycles. The van der Waals surface area contributed by atoms with Crippen LogP contribution in [0.5, 0.6) is 0 Å². The molecule has 0 aliphatic heterocycles. The number of nitrogens with zero attached hydrogens (tertiary/aromatic N) is 4. The van der Waals surface area contributed by atoms with Gasteiger partial charge in [-0.15, -0.1) is 11.3 Å². The number of anilines is 1. The van der Waals surface area contributed by atoms with Gasteiger partial charge >= 0.3 is 6.18 Å². The van der Waals surface area contributed by atoms with E-state index in [0.29, 0.717) is 30.0 Å². The van der Waals surface area contributed by atoms with Gasteiger partial charge in [0.2, 0.25) is 0 Å². The SMILES string of the molecule is C=NN/C=C(\C)c1nc(C(=O)Nc2cn(C3CC(OCC)C3)nc2C(F)(F)F)cs1. The lowest BCUT2D eigenvalue weighted by Crippen LogP contribution is -2.33. The van der Waals surface area contributed by atoms with Gasteiger partial charge < -0.3 is 10.1 Å². The normalized spacial score (nSPS) is 19.3.